The molecule has 0 spiro atoms. The predicted octanol–water partition coefficient (Wildman–Crippen LogP) is 3.11. The highest BCUT2D eigenvalue weighted by Gasteiger charge is 2.27. The normalized spacial score (nSPS) is 14.3. The third kappa shape index (κ3) is 4.19. The van der Waals surface area contributed by atoms with Crippen LogP contribution < -0.4 is 9.47 Å². The van der Waals surface area contributed by atoms with E-state index in [4.69, 9.17) is 9.47 Å². The zero-order valence-corrected chi connectivity index (χ0v) is 16.6. The summed E-state index contributed by atoms with van der Waals surface area (Å²) in [7, 11) is 2.97. The van der Waals surface area contributed by atoms with Crippen molar-refractivity contribution >= 4 is 11.8 Å². The zero-order chi connectivity index (χ0) is 21.8. The monoisotopic (exact) mass is 422 g/mol. The van der Waals surface area contributed by atoms with Crippen molar-refractivity contribution in [3.8, 4) is 11.5 Å². The highest BCUT2D eigenvalue weighted by atomic mass is 19.2. The Morgan fingerprint density at radius 1 is 0.800 bits per heavy atom. The van der Waals surface area contributed by atoms with Crippen LogP contribution in [0.5, 0.6) is 11.5 Å². The number of hydrogen-bond acceptors (Lipinski definition) is 4. The molecule has 0 aliphatic carbocycles. The van der Waals surface area contributed by atoms with Crippen molar-refractivity contribution in [3.05, 3.63) is 58.9 Å². The maximum atomic E-state index is 14.0. The highest BCUT2D eigenvalue weighted by molar-refractivity contribution is 5.96. The molecule has 0 saturated carbocycles. The Labute approximate surface area is 171 Å². The van der Waals surface area contributed by atoms with Crippen LogP contribution in [0.3, 0.4) is 0 Å². The van der Waals surface area contributed by atoms with E-state index in [-0.39, 0.29) is 25.5 Å². The van der Waals surface area contributed by atoms with Crippen molar-refractivity contribution in [1.29, 1.82) is 0 Å². The van der Waals surface area contributed by atoms with Crippen molar-refractivity contribution in [2.24, 2.45) is 0 Å². The molecule has 0 atom stereocenters. The van der Waals surface area contributed by atoms with Gasteiger partial charge in [-0.05, 0) is 36.8 Å². The Morgan fingerprint density at radius 3 is 2.07 bits per heavy atom. The number of halogens is 3. The lowest BCUT2D eigenvalue weighted by molar-refractivity contribution is 0.0715. The van der Waals surface area contributed by atoms with Crippen LogP contribution in [0.2, 0.25) is 0 Å². The standard InChI is InChI=1S/C21H21F3N2O4/c1-29-16-7-4-13(12-17(16)30-2)20(27)25-8-3-9-26(11-10-25)21(28)14-5-6-15(22)19(24)18(14)23/h4-7,12H,3,8-11H2,1-2H3. The Balaban J connectivity index is 1.73. The van der Waals surface area contributed by atoms with Gasteiger partial charge in [-0.1, -0.05) is 0 Å². The van der Waals surface area contributed by atoms with E-state index < -0.39 is 28.9 Å². The fourth-order valence-corrected chi connectivity index (χ4v) is 3.34. The van der Waals surface area contributed by atoms with Crippen molar-refractivity contribution in [2.45, 2.75) is 6.42 Å². The van der Waals surface area contributed by atoms with Gasteiger partial charge in [0, 0.05) is 31.7 Å². The third-order valence-corrected chi connectivity index (χ3v) is 4.97. The van der Waals surface area contributed by atoms with Crippen molar-refractivity contribution < 1.29 is 32.2 Å². The van der Waals surface area contributed by atoms with E-state index in [9.17, 15) is 22.8 Å². The van der Waals surface area contributed by atoms with Crippen LogP contribution in [0.4, 0.5) is 13.2 Å². The second-order valence-corrected chi connectivity index (χ2v) is 6.73. The van der Waals surface area contributed by atoms with E-state index in [0.29, 0.717) is 30.0 Å². The van der Waals surface area contributed by atoms with Crippen molar-refractivity contribution in [3.63, 3.8) is 0 Å². The number of benzene rings is 2. The number of carbonyl (C=O) groups excluding carboxylic acids is 2. The molecule has 0 aromatic heterocycles. The van der Waals surface area contributed by atoms with Gasteiger partial charge in [0.2, 0.25) is 0 Å². The third-order valence-electron chi connectivity index (χ3n) is 4.97. The summed E-state index contributed by atoms with van der Waals surface area (Å²) in [4.78, 5) is 28.4. The number of hydrogen-bond donors (Lipinski definition) is 0. The molecule has 1 aliphatic rings. The summed E-state index contributed by atoms with van der Waals surface area (Å²) in [5, 5.41) is 0. The lowest BCUT2D eigenvalue weighted by Crippen LogP contribution is -2.37. The average Bonchev–Trinajstić information content (AvgIpc) is 3.02. The van der Waals surface area contributed by atoms with E-state index in [1.165, 1.54) is 19.1 Å². The van der Waals surface area contributed by atoms with Gasteiger partial charge in [-0.3, -0.25) is 9.59 Å². The van der Waals surface area contributed by atoms with Crippen LogP contribution in [0.25, 0.3) is 0 Å². The molecule has 160 valence electrons. The number of rotatable bonds is 4. The molecule has 0 unspecified atom stereocenters. The molecule has 3 rings (SSSR count). The summed E-state index contributed by atoms with van der Waals surface area (Å²) in [6, 6.07) is 6.47. The molecule has 2 aromatic carbocycles. The van der Waals surface area contributed by atoms with E-state index >= 15 is 0 Å². The summed E-state index contributed by atoms with van der Waals surface area (Å²) in [5.74, 6) is -4.62. The molecule has 30 heavy (non-hydrogen) atoms. The van der Waals surface area contributed by atoms with Gasteiger partial charge in [0.05, 0.1) is 19.8 Å². The molecule has 2 amide bonds. The molecule has 9 heteroatoms. The van der Waals surface area contributed by atoms with E-state index in [1.807, 2.05) is 0 Å². The van der Waals surface area contributed by atoms with Gasteiger partial charge < -0.3 is 19.3 Å². The summed E-state index contributed by atoms with van der Waals surface area (Å²) >= 11 is 0. The first-order chi connectivity index (χ1) is 14.4. The fourth-order valence-electron chi connectivity index (χ4n) is 3.34. The van der Waals surface area contributed by atoms with Gasteiger partial charge in [-0.2, -0.15) is 0 Å². The first kappa shape index (κ1) is 21.5. The maximum absolute atomic E-state index is 14.0. The lowest BCUT2D eigenvalue weighted by atomic mass is 10.1. The van der Waals surface area contributed by atoms with Gasteiger partial charge in [0.1, 0.15) is 0 Å². The number of nitrogens with zero attached hydrogens (tertiary/aromatic N) is 2. The molecule has 1 heterocycles. The Bertz CT molecular complexity index is 968. The summed E-state index contributed by atoms with van der Waals surface area (Å²) in [6.45, 7) is 0.991. The summed E-state index contributed by atoms with van der Waals surface area (Å²) in [5.41, 5.74) is -0.132. The summed E-state index contributed by atoms with van der Waals surface area (Å²) in [6.07, 6.45) is 0.454. The fraction of sp³-hybridized carbons (Fsp3) is 0.333. The molecule has 0 radical (unpaired) electrons. The van der Waals surface area contributed by atoms with Crippen LogP contribution in [-0.2, 0) is 0 Å². The minimum absolute atomic E-state index is 0.135. The quantitative estimate of drug-likeness (QED) is 0.711. The molecule has 1 saturated heterocycles. The molecular formula is C21H21F3N2O4. The van der Waals surface area contributed by atoms with Gasteiger partial charge >= 0.3 is 0 Å². The second kappa shape index (κ2) is 9.06. The van der Waals surface area contributed by atoms with E-state index in [2.05, 4.69) is 0 Å². The van der Waals surface area contributed by atoms with E-state index in [1.54, 1.807) is 23.1 Å². The van der Waals surface area contributed by atoms with Crippen molar-refractivity contribution in [2.75, 3.05) is 40.4 Å². The van der Waals surface area contributed by atoms with Crippen LogP contribution in [0.1, 0.15) is 27.1 Å². The molecule has 1 fully saturated rings. The minimum Gasteiger partial charge on any atom is -0.493 e. The minimum atomic E-state index is -1.68. The predicted molar refractivity (Wildman–Crippen MR) is 102 cm³/mol. The molecule has 1 aliphatic heterocycles. The number of amides is 2. The first-order valence-corrected chi connectivity index (χ1v) is 9.31. The lowest BCUT2D eigenvalue weighted by Gasteiger charge is -2.23. The van der Waals surface area contributed by atoms with E-state index in [0.717, 1.165) is 12.1 Å². The van der Waals surface area contributed by atoms with Gasteiger partial charge in [-0.25, -0.2) is 13.2 Å². The Morgan fingerprint density at radius 2 is 1.43 bits per heavy atom. The highest BCUT2D eigenvalue weighted by Crippen LogP contribution is 2.28. The molecular weight excluding hydrogens is 401 g/mol. The Hall–Kier alpha value is -3.23. The van der Waals surface area contributed by atoms with Crippen LogP contribution in [0.15, 0.2) is 30.3 Å². The molecule has 6 nitrogen and oxygen atoms in total. The van der Waals surface area contributed by atoms with Gasteiger partial charge in [-0.15, -0.1) is 0 Å². The molecule has 2 aromatic rings. The summed E-state index contributed by atoms with van der Waals surface area (Å²) < 4.78 is 51.0. The van der Waals surface area contributed by atoms with Crippen LogP contribution >= 0.6 is 0 Å². The van der Waals surface area contributed by atoms with Crippen LogP contribution in [-0.4, -0.2) is 62.0 Å². The number of ether oxygens (including phenoxy) is 2. The molecule has 0 N–H and O–H groups in total. The Kier molecular flexibility index (Phi) is 6.49. The van der Waals surface area contributed by atoms with Crippen molar-refractivity contribution in [1.82, 2.24) is 9.80 Å². The second-order valence-electron chi connectivity index (χ2n) is 6.73. The van der Waals surface area contributed by atoms with Crippen LogP contribution in [0, 0.1) is 17.5 Å². The number of carbonyl (C=O) groups is 2. The van der Waals surface area contributed by atoms with Gasteiger partial charge in [0.25, 0.3) is 11.8 Å². The first-order valence-electron chi connectivity index (χ1n) is 9.31. The van der Waals surface area contributed by atoms with Gasteiger partial charge in [0.15, 0.2) is 29.0 Å². The topological polar surface area (TPSA) is 59.1 Å². The molecule has 0 bridgehead atoms. The average molecular weight is 422 g/mol. The number of methoxy groups -OCH3 is 2. The zero-order valence-electron chi connectivity index (χ0n) is 16.6. The SMILES string of the molecule is COc1ccc(C(=O)N2CCCN(C(=O)c3ccc(F)c(F)c3F)CC2)cc1OC. The largest absolute Gasteiger partial charge is 0.493 e. The smallest absolute Gasteiger partial charge is 0.257 e. The maximum Gasteiger partial charge on any atom is 0.257 e.